The van der Waals surface area contributed by atoms with Crippen LogP contribution in [0.2, 0.25) is 0 Å². The Labute approximate surface area is 118 Å². The number of aliphatic hydroxyl groups is 1. The van der Waals surface area contributed by atoms with Crippen molar-refractivity contribution < 1.29 is 14.8 Å². The van der Waals surface area contributed by atoms with E-state index in [-0.39, 0.29) is 11.6 Å². The number of nitrogens with zero attached hydrogens (tertiary/aromatic N) is 2. The number of hydrogen-bond acceptors (Lipinski definition) is 5. The van der Waals surface area contributed by atoms with Gasteiger partial charge in [0.2, 0.25) is 0 Å². The third kappa shape index (κ3) is 2.25. The number of benzene rings is 1. The molecule has 2 aromatic rings. The van der Waals surface area contributed by atoms with E-state index in [1.165, 1.54) is 23.5 Å². The van der Waals surface area contributed by atoms with Crippen molar-refractivity contribution in [1.29, 1.82) is 0 Å². The van der Waals surface area contributed by atoms with Gasteiger partial charge in [-0.3, -0.25) is 14.9 Å². The van der Waals surface area contributed by atoms with Crippen molar-refractivity contribution in [1.82, 2.24) is 4.90 Å². The molecule has 104 valence electrons. The van der Waals surface area contributed by atoms with E-state index in [2.05, 4.69) is 0 Å². The average molecular weight is 292 g/mol. The van der Waals surface area contributed by atoms with Crippen molar-refractivity contribution in [2.75, 3.05) is 13.1 Å². The molecular weight excluding hydrogens is 280 g/mol. The summed E-state index contributed by atoms with van der Waals surface area (Å²) < 4.78 is 0.846. The number of β-amino-alcohol motifs (C(OH)–C–C–N with tert-alkyl or cyclic N) is 1. The average Bonchev–Trinajstić information content (AvgIpc) is 3.02. The van der Waals surface area contributed by atoms with Gasteiger partial charge in [0.05, 0.1) is 15.9 Å². The zero-order chi connectivity index (χ0) is 14.3. The van der Waals surface area contributed by atoms with Gasteiger partial charge in [-0.05, 0) is 18.6 Å². The minimum Gasteiger partial charge on any atom is -0.391 e. The van der Waals surface area contributed by atoms with E-state index in [0.717, 1.165) is 4.70 Å². The van der Waals surface area contributed by atoms with Crippen molar-refractivity contribution in [3.8, 4) is 0 Å². The highest BCUT2D eigenvalue weighted by molar-refractivity contribution is 7.20. The number of aliphatic hydroxyl groups excluding tert-OH is 1. The molecule has 20 heavy (non-hydrogen) atoms. The van der Waals surface area contributed by atoms with Gasteiger partial charge >= 0.3 is 0 Å². The highest BCUT2D eigenvalue weighted by Gasteiger charge is 2.26. The van der Waals surface area contributed by atoms with Crippen LogP contribution in [0.3, 0.4) is 0 Å². The summed E-state index contributed by atoms with van der Waals surface area (Å²) in [5.74, 6) is -0.120. The first kappa shape index (κ1) is 13.0. The zero-order valence-corrected chi connectivity index (χ0v) is 11.3. The summed E-state index contributed by atoms with van der Waals surface area (Å²) in [6.45, 7) is 0.904. The molecule has 7 heteroatoms. The van der Waals surface area contributed by atoms with Gasteiger partial charge in [-0.1, -0.05) is 0 Å². The highest BCUT2D eigenvalue weighted by atomic mass is 32.1. The maximum atomic E-state index is 12.3. The van der Waals surface area contributed by atoms with E-state index in [9.17, 15) is 20.0 Å². The fourth-order valence-electron chi connectivity index (χ4n) is 2.33. The monoisotopic (exact) mass is 292 g/mol. The number of hydrogen-bond donors (Lipinski definition) is 1. The molecule has 1 aliphatic heterocycles. The van der Waals surface area contributed by atoms with Gasteiger partial charge in [-0.2, -0.15) is 0 Å². The molecule has 1 saturated heterocycles. The molecule has 1 aromatic heterocycles. The number of non-ortho nitro benzene ring substituents is 1. The van der Waals surface area contributed by atoms with Crippen molar-refractivity contribution in [3.63, 3.8) is 0 Å². The van der Waals surface area contributed by atoms with Gasteiger partial charge < -0.3 is 10.0 Å². The summed E-state index contributed by atoms with van der Waals surface area (Å²) in [6, 6.07) is 6.25. The van der Waals surface area contributed by atoms with Gasteiger partial charge in [-0.25, -0.2) is 0 Å². The number of carbonyl (C=O) groups excluding carboxylic acids is 1. The number of carbonyl (C=O) groups is 1. The van der Waals surface area contributed by atoms with E-state index in [0.29, 0.717) is 29.8 Å². The van der Waals surface area contributed by atoms with Crippen LogP contribution in [0.4, 0.5) is 5.69 Å². The molecule has 1 aliphatic rings. The van der Waals surface area contributed by atoms with Crippen LogP contribution in [-0.4, -0.2) is 40.0 Å². The fourth-order valence-corrected chi connectivity index (χ4v) is 3.34. The second kappa shape index (κ2) is 4.84. The number of thiophene rings is 1. The van der Waals surface area contributed by atoms with Gasteiger partial charge in [0.25, 0.3) is 11.6 Å². The van der Waals surface area contributed by atoms with E-state index in [4.69, 9.17) is 0 Å². The molecule has 1 atom stereocenters. The Hall–Kier alpha value is -1.99. The number of likely N-dealkylation sites (tertiary alicyclic amines) is 1. The molecule has 0 radical (unpaired) electrons. The second-order valence-corrected chi connectivity index (χ2v) is 5.87. The van der Waals surface area contributed by atoms with E-state index in [1.807, 2.05) is 0 Å². The lowest BCUT2D eigenvalue weighted by molar-refractivity contribution is -0.384. The number of rotatable bonds is 2. The summed E-state index contributed by atoms with van der Waals surface area (Å²) >= 11 is 1.32. The molecule has 1 aromatic carbocycles. The standard InChI is InChI=1S/C13H12N2O4S/c16-10-3-4-14(7-10)13(17)12-6-8-5-9(15(18)19)1-2-11(8)20-12/h1-2,5-6,10,16H,3-4,7H2/t10-/m1/s1. The lowest BCUT2D eigenvalue weighted by Gasteiger charge is -2.13. The Morgan fingerprint density at radius 2 is 2.25 bits per heavy atom. The topological polar surface area (TPSA) is 83.7 Å². The van der Waals surface area contributed by atoms with Gasteiger partial charge in [0, 0.05) is 35.3 Å². The fraction of sp³-hybridized carbons (Fsp3) is 0.308. The summed E-state index contributed by atoms with van der Waals surface area (Å²) in [5.41, 5.74) is 0.0193. The van der Waals surface area contributed by atoms with Crippen LogP contribution >= 0.6 is 11.3 Å². The maximum absolute atomic E-state index is 12.3. The van der Waals surface area contributed by atoms with Crippen LogP contribution in [0.5, 0.6) is 0 Å². The molecule has 0 aliphatic carbocycles. The predicted molar refractivity (Wildman–Crippen MR) is 75.0 cm³/mol. The molecule has 1 N–H and O–H groups in total. The Kier molecular flexibility index (Phi) is 3.15. The lowest BCUT2D eigenvalue weighted by atomic mass is 10.2. The van der Waals surface area contributed by atoms with Gasteiger partial charge in [0.1, 0.15) is 0 Å². The smallest absolute Gasteiger partial charge is 0.270 e. The van der Waals surface area contributed by atoms with E-state index in [1.54, 1.807) is 17.0 Å². The molecule has 0 saturated carbocycles. The molecule has 0 unspecified atom stereocenters. The Bertz CT molecular complexity index is 697. The summed E-state index contributed by atoms with van der Waals surface area (Å²) in [6.07, 6.45) is 0.150. The summed E-state index contributed by atoms with van der Waals surface area (Å²) in [7, 11) is 0. The number of nitro benzene ring substituents is 1. The molecule has 2 heterocycles. The van der Waals surface area contributed by atoms with Gasteiger partial charge in [-0.15, -0.1) is 11.3 Å². The second-order valence-electron chi connectivity index (χ2n) is 4.78. The first-order valence-corrected chi connectivity index (χ1v) is 7.01. The third-order valence-corrected chi connectivity index (χ3v) is 4.48. The number of amides is 1. The predicted octanol–water partition coefficient (Wildman–Crippen LogP) is 2.02. The number of nitro groups is 1. The Morgan fingerprint density at radius 1 is 1.45 bits per heavy atom. The van der Waals surface area contributed by atoms with Crippen molar-refractivity contribution in [2.24, 2.45) is 0 Å². The molecule has 1 amide bonds. The van der Waals surface area contributed by atoms with E-state index >= 15 is 0 Å². The molecule has 3 rings (SSSR count). The van der Waals surface area contributed by atoms with Crippen molar-refractivity contribution in [3.05, 3.63) is 39.3 Å². The van der Waals surface area contributed by atoms with Crippen LogP contribution in [-0.2, 0) is 0 Å². The molecule has 1 fully saturated rings. The normalized spacial score (nSPS) is 18.6. The molecule has 0 bridgehead atoms. The largest absolute Gasteiger partial charge is 0.391 e. The minimum absolute atomic E-state index is 0.0193. The minimum atomic E-state index is -0.450. The molecule has 6 nitrogen and oxygen atoms in total. The van der Waals surface area contributed by atoms with Crippen LogP contribution in [0.1, 0.15) is 16.1 Å². The first-order valence-electron chi connectivity index (χ1n) is 6.20. The first-order chi connectivity index (χ1) is 9.54. The third-order valence-electron chi connectivity index (χ3n) is 3.37. The zero-order valence-electron chi connectivity index (χ0n) is 10.5. The van der Waals surface area contributed by atoms with Crippen molar-refractivity contribution >= 4 is 33.0 Å². The SMILES string of the molecule is O=C(c1cc2cc([N+](=O)[O-])ccc2s1)N1CC[C@@H](O)C1. The van der Waals surface area contributed by atoms with Gasteiger partial charge in [0.15, 0.2) is 0 Å². The summed E-state index contributed by atoms with van der Waals surface area (Å²) in [4.78, 5) is 24.7. The van der Waals surface area contributed by atoms with Crippen LogP contribution in [0, 0.1) is 10.1 Å². The van der Waals surface area contributed by atoms with Crippen LogP contribution < -0.4 is 0 Å². The van der Waals surface area contributed by atoms with Crippen LogP contribution in [0.25, 0.3) is 10.1 Å². The summed E-state index contributed by atoms with van der Waals surface area (Å²) in [5, 5.41) is 20.9. The maximum Gasteiger partial charge on any atom is 0.270 e. The Morgan fingerprint density at radius 3 is 2.90 bits per heavy atom. The van der Waals surface area contributed by atoms with Crippen molar-refractivity contribution in [2.45, 2.75) is 12.5 Å². The van der Waals surface area contributed by atoms with E-state index < -0.39 is 11.0 Å². The lowest BCUT2D eigenvalue weighted by Crippen LogP contribution is -2.28. The number of fused-ring (bicyclic) bond motifs is 1. The van der Waals surface area contributed by atoms with Crippen LogP contribution in [0.15, 0.2) is 24.3 Å². The Balaban J connectivity index is 1.92. The molecule has 0 spiro atoms. The molecular formula is C13H12N2O4S. The quantitative estimate of drug-likeness (QED) is 0.678. The highest BCUT2D eigenvalue weighted by Crippen LogP contribution is 2.30.